The van der Waals surface area contributed by atoms with Crippen LogP contribution in [0.15, 0.2) is 18.2 Å². The average molecular weight is 348 g/mol. The normalized spacial score (nSPS) is 19.6. The largest absolute Gasteiger partial charge is 0.482 e. The van der Waals surface area contributed by atoms with Crippen molar-refractivity contribution in [3.8, 4) is 5.75 Å². The van der Waals surface area contributed by atoms with Gasteiger partial charge in [0.1, 0.15) is 12.3 Å². The Morgan fingerprint density at radius 1 is 1.48 bits per heavy atom. The van der Waals surface area contributed by atoms with E-state index in [4.69, 9.17) is 4.74 Å². The Balaban J connectivity index is 1.82. The molecule has 2 heterocycles. The highest BCUT2D eigenvalue weighted by Gasteiger charge is 2.33. The van der Waals surface area contributed by atoms with Crippen molar-refractivity contribution in [2.24, 2.45) is 0 Å². The monoisotopic (exact) mass is 348 g/mol. The molecular formula is C16H20N4O5. The van der Waals surface area contributed by atoms with Crippen LogP contribution in [0, 0.1) is 10.1 Å². The molecule has 3 rings (SSSR count). The summed E-state index contributed by atoms with van der Waals surface area (Å²) < 4.78 is 5.32. The van der Waals surface area contributed by atoms with Crippen molar-refractivity contribution in [1.29, 1.82) is 0 Å². The Morgan fingerprint density at radius 3 is 3.00 bits per heavy atom. The van der Waals surface area contributed by atoms with E-state index in [1.807, 2.05) is 7.05 Å². The highest BCUT2D eigenvalue weighted by atomic mass is 16.6. The molecule has 1 aromatic rings. The van der Waals surface area contributed by atoms with Gasteiger partial charge in [-0.25, -0.2) is 0 Å². The molecule has 0 aliphatic carbocycles. The van der Waals surface area contributed by atoms with Gasteiger partial charge in [-0.05, 0) is 26.0 Å². The van der Waals surface area contributed by atoms with Crippen molar-refractivity contribution >= 4 is 23.2 Å². The molecule has 1 unspecified atom stereocenters. The van der Waals surface area contributed by atoms with E-state index in [1.54, 1.807) is 4.90 Å². The first-order chi connectivity index (χ1) is 12.0. The molecule has 2 aliphatic heterocycles. The lowest BCUT2D eigenvalue weighted by Crippen LogP contribution is -2.49. The van der Waals surface area contributed by atoms with Crippen LogP contribution >= 0.6 is 0 Å². The number of non-ortho nitro benzene ring substituents is 1. The molecule has 2 aliphatic rings. The molecule has 0 bridgehead atoms. The number of anilines is 1. The van der Waals surface area contributed by atoms with Gasteiger partial charge in [-0.2, -0.15) is 0 Å². The van der Waals surface area contributed by atoms with Crippen molar-refractivity contribution in [2.45, 2.75) is 18.9 Å². The number of carbonyl (C=O) groups is 2. The number of likely N-dealkylation sites (N-methyl/N-ethyl adjacent to an activating group) is 1. The lowest BCUT2D eigenvalue weighted by molar-refractivity contribution is -0.384. The van der Waals surface area contributed by atoms with Gasteiger partial charge in [0.25, 0.3) is 11.6 Å². The van der Waals surface area contributed by atoms with Crippen LogP contribution < -0.4 is 15.0 Å². The fourth-order valence-electron chi connectivity index (χ4n) is 3.32. The second kappa shape index (κ2) is 7.06. The molecule has 134 valence electrons. The van der Waals surface area contributed by atoms with E-state index < -0.39 is 4.92 Å². The third-order valence-electron chi connectivity index (χ3n) is 4.53. The number of nitrogens with one attached hydrogen (secondary N) is 1. The number of benzene rings is 1. The summed E-state index contributed by atoms with van der Waals surface area (Å²) in [6, 6.07) is 4.15. The SMILES string of the molecule is CNCC1CCCN1C(=O)CN1C(=O)COc2ccc([N+](=O)[O-])cc21. The quantitative estimate of drug-likeness (QED) is 0.615. The number of likely N-dealkylation sites (tertiary alicyclic amines) is 1. The standard InChI is InChI=1S/C16H20N4O5/c1-17-8-12-3-2-6-18(12)15(21)9-19-13-7-11(20(23)24)4-5-14(13)25-10-16(19)22/h4-5,7,12,17H,2-3,6,8-10H2,1H3. The fourth-order valence-corrected chi connectivity index (χ4v) is 3.32. The lowest BCUT2D eigenvalue weighted by atomic mass is 10.2. The molecule has 0 radical (unpaired) electrons. The first kappa shape index (κ1) is 17.2. The van der Waals surface area contributed by atoms with Crippen LogP contribution in [0.5, 0.6) is 5.75 Å². The van der Waals surface area contributed by atoms with Gasteiger partial charge in [-0.1, -0.05) is 0 Å². The molecule has 0 aromatic heterocycles. The number of fused-ring (bicyclic) bond motifs is 1. The van der Waals surface area contributed by atoms with E-state index in [9.17, 15) is 19.7 Å². The minimum Gasteiger partial charge on any atom is -0.482 e. The van der Waals surface area contributed by atoms with Crippen LogP contribution in [0.4, 0.5) is 11.4 Å². The first-order valence-electron chi connectivity index (χ1n) is 8.17. The minimum atomic E-state index is -0.539. The lowest BCUT2D eigenvalue weighted by Gasteiger charge is -2.31. The van der Waals surface area contributed by atoms with Gasteiger partial charge in [-0.15, -0.1) is 0 Å². The van der Waals surface area contributed by atoms with Gasteiger partial charge in [0, 0.05) is 31.3 Å². The number of ether oxygens (including phenoxy) is 1. The maximum atomic E-state index is 12.7. The Labute approximate surface area is 144 Å². The molecular weight excluding hydrogens is 328 g/mol. The van der Waals surface area contributed by atoms with Crippen LogP contribution in [0.2, 0.25) is 0 Å². The van der Waals surface area contributed by atoms with Crippen molar-refractivity contribution in [2.75, 3.05) is 38.2 Å². The van der Waals surface area contributed by atoms with Crippen LogP contribution in [0.1, 0.15) is 12.8 Å². The number of nitro groups is 1. The molecule has 25 heavy (non-hydrogen) atoms. The molecule has 1 saturated heterocycles. The zero-order valence-electron chi connectivity index (χ0n) is 13.9. The number of amides is 2. The highest BCUT2D eigenvalue weighted by molar-refractivity contribution is 6.02. The Kier molecular flexibility index (Phi) is 4.84. The van der Waals surface area contributed by atoms with Crippen LogP contribution in [0.25, 0.3) is 0 Å². The first-order valence-corrected chi connectivity index (χ1v) is 8.17. The van der Waals surface area contributed by atoms with E-state index in [0.29, 0.717) is 18.8 Å². The summed E-state index contributed by atoms with van der Waals surface area (Å²) in [5, 5.41) is 14.1. The summed E-state index contributed by atoms with van der Waals surface area (Å²) >= 11 is 0. The summed E-state index contributed by atoms with van der Waals surface area (Å²) in [6.07, 6.45) is 1.85. The summed E-state index contributed by atoms with van der Waals surface area (Å²) in [7, 11) is 1.84. The van der Waals surface area contributed by atoms with Gasteiger partial charge < -0.3 is 15.0 Å². The minimum absolute atomic E-state index is 0.109. The third kappa shape index (κ3) is 3.41. The van der Waals surface area contributed by atoms with Gasteiger partial charge >= 0.3 is 0 Å². The summed E-state index contributed by atoms with van der Waals surface area (Å²) in [5.41, 5.74) is 0.117. The maximum absolute atomic E-state index is 12.7. The van der Waals surface area contributed by atoms with Crippen LogP contribution in [-0.2, 0) is 9.59 Å². The van der Waals surface area contributed by atoms with Gasteiger partial charge in [-0.3, -0.25) is 24.6 Å². The maximum Gasteiger partial charge on any atom is 0.271 e. The van der Waals surface area contributed by atoms with Crippen molar-refractivity contribution in [1.82, 2.24) is 10.2 Å². The molecule has 1 N–H and O–H groups in total. The Morgan fingerprint density at radius 2 is 2.28 bits per heavy atom. The van der Waals surface area contributed by atoms with Gasteiger partial charge in [0.2, 0.25) is 5.91 Å². The topological polar surface area (TPSA) is 105 Å². The van der Waals surface area contributed by atoms with Gasteiger partial charge in [0.15, 0.2) is 6.61 Å². The highest BCUT2D eigenvalue weighted by Crippen LogP contribution is 2.35. The van der Waals surface area contributed by atoms with E-state index >= 15 is 0 Å². The third-order valence-corrected chi connectivity index (χ3v) is 4.53. The number of hydrogen-bond acceptors (Lipinski definition) is 6. The fraction of sp³-hybridized carbons (Fsp3) is 0.500. The number of carbonyl (C=O) groups excluding carboxylic acids is 2. The molecule has 0 spiro atoms. The van der Waals surface area contributed by atoms with E-state index in [1.165, 1.54) is 23.1 Å². The predicted molar refractivity (Wildman–Crippen MR) is 89.6 cm³/mol. The van der Waals surface area contributed by atoms with Crippen molar-refractivity contribution in [3.05, 3.63) is 28.3 Å². The summed E-state index contributed by atoms with van der Waals surface area (Å²) in [6.45, 7) is 1.03. The van der Waals surface area contributed by atoms with Gasteiger partial charge in [0.05, 0.1) is 10.6 Å². The number of rotatable bonds is 5. The van der Waals surface area contributed by atoms with Crippen molar-refractivity contribution < 1.29 is 19.2 Å². The van der Waals surface area contributed by atoms with Crippen LogP contribution in [-0.4, -0.2) is 61.0 Å². The zero-order chi connectivity index (χ0) is 18.0. The molecule has 1 atom stereocenters. The summed E-state index contributed by atoms with van der Waals surface area (Å²) in [4.78, 5) is 38.5. The number of hydrogen-bond donors (Lipinski definition) is 1. The predicted octanol–water partition coefficient (Wildman–Crippen LogP) is 0.531. The van der Waals surface area contributed by atoms with E-state index in [2.05, 4.69) is 5.32 Å². The summed E-state index contributed by atoms with van der Waals surface area (Å²) in [5.74, 6) is -0.178. The average Bonchev–Trinajstić information content (AvgIpc) is 3.05. The van der Waals surface area contributed by atoms with E-state index in [-0.39, 0.29) is 42.4 Å². The molecule has 1 aromatic carbocycles. The molecule has 1 fully saturated rings. The molecule has 9 heteroatoms. The second-order valence-electron chi connectivity index (χ2n) is 6.12. The molecule has 9 nitrogen and oxygen atoms in total. The number of nitrogens with zero attached hydrogens (tertiary/aromatic N) is 3. The smallest absolute Gasteiger partial charge is 0.271 e. The van der Waals surface area contributed by atoms with Crippen molar-refractivity contribution in [3.63, 3.8) is 0 Å². The molecule has 2 amide bonds. The molecule has 0 saturated carbocycles. The Hall–Kier alpha value is -2.68. The Bertz CT molecular complexity index is 708. The zero-order valence-corrected chi connectivity index (χ0v) is 13.9. The van der Waals surface area contributed by atoms with E-state index in [0.717, 1.165) is 12.8 Å². The van der Waals surface area contributed by atoms with Crippen LogP contribution in [0.3, 0.4) is 0 Å². The second-order valence-corrected chi connectivity index (χ2v) is 6.12. The number of nitro benzene ring substituents is 1.